The summed E-state index contributed by atoms with van der Waals surface area (Å²) in [5.41, 5.74) is 1.59. The average molecular weight is 400 g/mol. The summed E-state index contributed by atoms with van der Waals surface area (Å²) >= 11 is 1.22. The molecule has 1 unspecified atom stereocenters. The molecule has 1 aromatic heterocycles. The van der Waals surface area contributed by atoms with Crippen LogP contribution in [0.1, 0.15) is 18.5 Å². The Balaban J connectivity index is 1.59. The number of nitrogens with zero attached hydrogens (tertiary/aromatic N) is 2. The quantitative estimate of drug-likeness (QED) is 0.459. The van der Waals surface area contributed by atoms with E-state index >= 15 is 0 Å². The van der Waals surface area contributed by atoms with E-state index in [1.807, 2.05) is 0 Å². The lowest BCUT2D eigenvalue weighted by Crippen LogP contribution is -2.30. The third-order valence-corrected chi connectivity index (χ3v) is 4.80. The predicted octanol–water partition coefficient (Wildman–Crippen LogP) is 4.15. The molecule has 9 heteroatoms. The molecule has 28 heavy (non-hydrogen) atoms. The minimum Gasteiger partial charge on any atom is -0.302 e. The monoisotopic (exact) mass is 400 g/mol. The number of nitrogens with one attached hydrogen (secondary N) is 2. The molecule has 0 spiro atoms. The van der Waals surface area contributed by atoms with Crippen LogP contribution in [0.25, 0.3) is 11.3 Å². The summed E-state index contributed by atoms with van der Waals surface area (Å²) in [5, 5.41) is 18.6. The smallest absolute Gasteiger partial charge is 0.270 e. The molecule has 2 aromatic carbocycles. The van der Waals surface area contributed by atoms with Gasteiger partial charge >= 0.3 is 0 Å². The molecule has 1 heterocycles. The van der Waals surface area contributed by atoms with Crippen LogP contribution in [0.2, 0.25) is 0 Å². The van der Waals surface area contributed by atoms with Crippen LogP contribution in [0.3, 0.4) is 0 Å². The zero-order valence-corrected chi connectivity index (χ0v) is 15.7. The van der Waals surface area contributed by atoms with E-state index < -0.39 is 4.92 Å². The van der Waals surface area contributed by atoms with Gasteiger partial charge in [-0.25, -0.2) is 9.37 Å². The van der Waals surface area contributed by atoms with Crippen molar-refractivity contribution in [2.75, 3.05) is 11.9 Å². The van der Waals surface area contributed by atoms with E-state index in [-0.39, 0.29) is 30.0 Å². The fourth-order valence-electron chi connectivity index (χ4n) is 2.59. The highest BCUT2D eigenvalue weighted by Gasteiger charge is 2.14. The maximum absolute atomic E-state index is 13.8. The highest BCUT2D eigenvalue weighted by molar-refractivity contribution is 7.14. The third-order valence-electron chi connectivity index (χ3n) is 4.04. The van der Waals surface area contributed by atoms with Crippen molar-refractivity contribution in [1.29, 1.82) is 0 Å². The highest BCUT2D eigenvalue weighted by atomic mass is 32.1. The normalized spacial score (nSPS) is 11.8. The van der Waals surface area contributed by atoms with Crippen LogP contribution in [0.5, 0.6) is 0 Å². The van der Waals surface area contributed by atoms with Crippen LogP contribution in [0.15, 0.2) is 53.9 Å². The van der Waals surface area contributed by atoms with Crippen LogP contribution in [0.4, 0.5) is 15.2 Å². The molecule has 0 aliphatic heterocycles. The van der Waals surface area contributed by atoms with Crippen LogP contribution in [0, 0.1) is 15.9 Å². The van der Waals surface area contributed by atoms with Crippen molar-refractivity contribution in [3.8, 4) is 11.3 Å². The minimum absolute atomic E-state index is 0.0127. The molecular formula is C19H17FN4O3S. The zero-order valence-electron chi connectivity index (χ0n) is 14.9. The second-order valence-electron chi connectivity index (χ2n) is 6.02. The number of benzene rings is 2. The van der Waals surface area contributed by atoms with Gasteiger partial charge in [-0.3, -0.25) is 14.9 Å². The van der Waals surface area contributed by atoms with Gasteiger partial charge in [0.25, 0.3) is 5.69 Å². The van der Waals surface area contributed by atoms with Crippen molar-refractivity contribution < 1.29 is 14.1 Å². The maximum Gasteiger partial charge on any atom is 0.270 e. The van der Waals surface area contributed by atoms with Crippen molar-refractivity contribution in [1.82, 2.24) is 10.3 Å². The summed E-state index contributed by atoms with van der Waals surface area (Å²) in [5.74, 6) is -0.646. The SMILES string of the molecule is CC(NCC(=O)Nc1nc(-c2cccc([N+](=O)[O-])c2)cs1)c1ccccc1F. The minimum atomic E-state index is -0.471. The number of nitro groups is 1. The molecule has 3 rings (SSSR count). The number of carbonyl (C=O) groups is 1. The largest absolute Gasteiger partial charge is 0.302 e. The highest BCUT2D eigenvalue weighted by Crippen LogP contribution is 2.27. The van der Waals surface area contributed by atoms with E-state index in [2.05, 4.69) is 15.6 Å². The Morgan fingerprint density at radius 3 is 2.82 bits per heavy atom. The molecule has 0 saturated carbocycles. The van der Waals surface area contributed by atoms with E-state index in [0.717, 1.165) is 0 Å². The van der Waals surface area contributed by atoms with E-state index in [1.165, 1.54) is 29.5 Å². The zero-order chi connectivity index (χ0) is 20.1. The molecule has 0 bridgehead atoms. The molecule has 144 valence electrons. The van der Waals surface area contributed by atoms with Gasteiger partial charge in [-0.05, 0) is 13.0 Å². The number of rotatable bonds is 7. The average Bonchev–Trinajstić information content (AvgIpc) is 3.15. The first kappa shape index (κ1) is 19.6. The molecule has 0 fully saturated rings. The molecule has 0 aliphatic carbocycles. The Morgan fingerprint density at radius 2 is 2.07 bits per heavy atom. The Morgan fingerprint density at radius 1 is 1.29 bits per heavy atom. The maximum atomic E-state index is 13.8. The summed E-state index contributed by atoms with van der Waals surface area (Å²) in [6.07, 6.45) is 0. The molecule has 3 aromatic rings. The van der Waals surface area contributed by atoms with E-state index in [4.69, 9.17) is 0 Å². The number of non-ortho nitro benzene ring substituents is 1. The van der Waals surface area contributed by atoms with E-state index in [0.29, 0.717) is 22.0 Å². The molecule has 7 nitrogen and oxygen atoms in total. The van der Waals surface area contributed by atoms with Crippen LogP contribution < -0.4 is 10.6 Å². The summed E-state index contributed by atoms with van der Waals surface area (Å²) in [4.78, 5) is 26.8. The van der Waals surface area contributed by atoms with Crippen molar-refractivity contribution in [3.05, 3.63) is 75.4 Å². The van der Waals surface area contributed by atoms with Crippen molar-refractivity contribution in [2.24, 2.45) is 0 Å². The molecule has 0 aliphatic rings. The van der Waals surface area contributed by atoms with Crippen LogP contribution in [-0.4, -0.2) is 22.4 Å². The number of thiazole rings is 1. The first-order chi connectivity index (χ1) is 13.4. The second kappa shape index (κ2) is 8.68. The number of halogens is 1. The second-order valence-corrected chi connectivity index (χ2v) is 6.88. The fraction of sp³-hybridized carbons (Fsp3) is 0.158. The number of carbonyl (C=O) groups excluding carboxylic acids is 1. The van der Waals surface area contributed by atoms with Gasteiger partial charge in [0.15, 0.2) is 5.13 Å². The molecule has 2 N–H and O–H groups in total. The Bertz CT molecular complexity index is 1010. The molecule has 1 amide bonds. The lowest BCUT2D eigenvalue weighted by molar-refractivity contribution is -0.384. The number of nitro benzene ring substituents is 1. The summed E-state index contributed by atoms with van der Waals surface area (Å²) in [6.45, 7) is 1.76. The third kappa shape index (κ3) is 4.76. The van der Waals surface area contributed by atoms with Gasteiger partial charge in [0.2, 0.25) is 5.91 Å². The Labute approximate surface area is 164 Å². The van der Waals surface area contributed by atoms with E-state index in [9.17, 15) is 19.3 Å². The molecular weight excluding hydrogens is 383 g/mol. The lowest BCUT2D eigenvalue weighted by Gasteiger charge is -2.14. The van der Waals surface area contributed by atoms with Gasteiger partial charge in [0.1, 0.15) is 5.82 Å². The van der Waals surface area contributed by atoms with Gasteiger partial charge < -0.3 is 10.6 Å². The predicted molar refractivity (Wildman–Crippen MR) is 106 cm³/mol. The summed E-state index contributed by atoms with van der Waals surface area (Å²) < 4.78 is 13.8. The number of amides is 1. The Kier molecular flexibility index (Phi) is 6.07. The molecule has 0 radical (unpaired) electrons. The van der Waals surface area contributed by atoms with Gasteiger partial charge in [-0.2, -0.15) is 0 Å². The van der Waals surface area contributed by atoms with Crippen molar-refractivity contribution >= 4 is 28.1 Å². The number of anilines is 1. The Hall–Kier alpha value is -3.17. The molecule has 1 atom stereocenters. The first-order valence-electron chi connectivity index (χ1n) is 8.42. The first-order valence-corrected chi connectivity index (χ1v) is 9.30. The number of hydrogen-bond donors (Lipinski definition) is 2. The van der Waals surface area contributed by atoms with Crippen LogP contribution in [-0.2, 0) is 4.79 Å². The fourth-order valence-corrected chi connectivity index (χ4v) is 3.32. The standard InChI is InChI=1S/C19H17FN4O3S/c1-12(15-7-2-3-8-16(15)20)21-10-18(25)23-19-22-17(11-28-19)13-5-4-6-14(9-13)24(26)27/h2-9,11-12,21H,10H2,1H3,(H,22,23,25). The van der Waals surface area contributed by atoms with Crippen molar-refractivity contribution in [3.63, 3.8) is 0 Å². The van der Waals surface area contributed by atoms with Gasteiger partial charge in [-0.15, -0.1) is 11.3 Å². The van der Waals surface area contributed by atoms with Gasteiger partial charge in [0, 0.05) is 34.7 Å². The lowest BCUT2D eigenvalue weighted by atomic mass is 10.1. The van der Waals surface area contributed by atoms with Gasteiger partial charge in [0.05, 0.1) is 17.2 Å². The topological polar surface area (TPSA) is 97.2 Å². The van der Waals surface area contributed by atoms with E-state index in [1.54, 1.807) is 42.6 Å². The van der Waals surface area contributed by atoms with Crippen molar-refractivity contribution in [2.45, 2.75) is 13.0 Å². The number of hydrogen-bond acceptors (Lipinski definition) is 6. The number of aromatic nitrogens is 1. The van der Waals surface area contributed by atoms with Gasteiger partial charge in [-0.1, -0.05) is 30.3 Å². The summed E-state index contributed by atoms with van der Waals surface area (Å²) in [6, 6.07) is 12.2. The molecule has 0 saturated heterocycles. The summed E-state index contributed by atoms with van der Waals surface area (Å²) in [7, 11) is 0. The van der Waals surface area contributed by atoms with Crippen LogP contribution >= 0.6 is 11.3 Å².